The number of benzene rings is 2. The molecule has 30 heavy (non-hydrogen) atoms. The lowest BCUT2D eigenvalue weighted by Gasteiger charge is -2.53. The van der Waals surface area contributed by atoms with E-state index >= 15 is 0 Å². The number of carbonyl (C=O) groups excluding carboxylic acids is 1. The van der Waals surface area contributed by atoms with Crippen LogP contribution in [-0.2, 0) is 21.6 Å². The van der Waals surface area contributed by atoms with Gasteiger partial charge in [-0.1, -0.05) is 73.7 Å². The number of fused-ring (bicyclic) bond motifs is 2. The van der Waals surface area contributed by atoms with Gasteiger partial charge in [0, 0.05) is 18.0 Å². The molecule has 2 aliphatic carbocycles. The highest BCUT2D eigenvalue weighted by Gasteiger charge is 2.52. The van der Waals surface area contributed by atoms with Crippen molar-refractivity contribution in [1.29, 1.82) is 0 Å². The van der Waals surface area contributed by atoms with Crippen molar-refractivity contribution in [3.8, 4) is 0 Å². The number of hydrogen-bond acceptors (Lipinski definition) is 3. The molecule has 156 valence electrons. The average Bonchev–Trinajstić information content (AvgIpc) is 3.12. The van der Waals surface area contributed by atoms with Crippen molar-refractivity contribution in [2.75, 3.05) is 13.1 Å². The molecule has 1 saturated carbocycles. The molecule has 1 spiro atoms. The van der Waals surface area contributed by atoms with E-state index in [1.165, 1.54) is 11.1 Å². The number of carbonyl (C=O) groups is 1. The third-order valence-corrected chi connectivity index (χ3v) is 7.82. The summed E-state index contributed by atoms with van der Waals surface area (Å²) in [6.45, 7) is 7.03. The van der Waals surface area contributed by atoms with Crippen molar-refractivity contribution in [1.82, 2.24) is 4.90 Å². The Morgan fingerprint density at radius 1 is 1.10 bits per heavy atom. The zero-order valence-corrected chi connectivity index (χ0v) is 18.0. The maximum Gasteiger partial charge on any atom is 0.312 e. The van der Waals surface area contributed by atoms with Crippen LogP contribution in [0.2, 0.25) is 0 Å². The molecular formula is C27H31NO2. The summed E-state index contributed by atoms with van der Waals surface area (Å²) in [5.41, 5.74) is 3.78. The molecule has 0 radical (unpaired) electrons. The standard InChI is InChI=1S/C27H31NO2/c1-20-18-28(15-14-27(20)13-12-22-10-6-7-11-24(22)27)23-16-26(2,17-23)25(29)30-19-21-8-4-3-5-9-21/h3-13,20,23H,14-19H2,1-2H3/t20-,23?,26?,27-/m0/s1. The Hall–Kier alpha value is -2.39. The second-order valence-corrected chi connectivity index (χ2v) is 9.79. The van der Waals surface area contributed by atoms with Crippen molar-refractivity contribution >= 4 is 12.0 Å². The maximum absolute atomic E-state index is 12.7. The molecule has 0 amide bonds. The number of hydrogen-bond donors (Lipinski definition) is 0. The minimum absolute atomic E-state index is 0.0446. The van der Waals surface area contributed by atoms with Gasteiger partial charge in [0.1, 0.15) is 6.61 Å². The minimum Gasteiger partial charge on any atom is -0.460 e. The molecule has 1 saturated heterocycles. The monoisotopic (exact) mass is 401 g/mol. The van der Waals surface area contributed by atoms with Gasteiger partial charge in [0.25, 0.3) is 0 Å². The lowest BCUT2D eigenvalue weighted by Crippen LogP contribution is -2.58. The van der Waals surface area contributed by atoms with Crippen LogP contribution in [-0.4, -0.2) is 30.0 Å². The van der Waals surface area contributed by atoms with Crippen LogP contribution in [0.3, 0.4) is 0 Å². The van der Waals surface area contributed by atoms with E-state index in [1.807, 2.05) is 30.3 Å². The average molecular weight is 402 g/mol. The van der Waals surface area contributed by atoms with Crippen molar-refractivity contribution in [3.05, 3.63) is 77.4 Å². The van der Waals surface area contributed by atoms with Crippen LogP contribution < -0.4 is 0 Å². The molecule has 3 aliphatic rings. The molecule has 1 aliphatic heterocycles. The minimum atomic E-state index is -0.336. The van der Waals surface area contributed by atoms with Crippen molar-refractivity contribution in [2.24, 2.45) is 11.3 Å². The van der Waals surface area contributed by atoms with Gasteiger partial charge < -0.3 is 4.74 Å². The van der Waals surface area contributed by atoms with E-state index in [-0.39, 0.29) is 16.8 Å². The van der Waals surface area contributed by atoms with E-state index in [9.17, 15) is 4.79 Å². The van der Waals surface area contributed by atoms with Gasteiger partial charge in [0.2, 0.25) is 0 Å². The van der Waals surface area contributed by atoms with Gasteiger partial charge in [-0.15, -0.1) is 0 Å². The second kappa shape index (κ2) is 7.39. The van der Waals surface area contributed by atoms with Crippen LogP contribution >= 0.6 is 0 Å². The molecule has 0 bridgehead atoms. The molecule has 2 aromatic carbocycles. The number of rotatable bonds is 4. The fourth-order valence-corrected chi connectivity index (χ4v) is 5.86. The van der Waals surface area contributed by atoms with Crippen LogP contribution in [0.25, 0.3) is 6.08 Å². The second-order valence-electron chi connectivity index (χ2n) is 9.79. The summed E-state index contributed by atoms with van der Waals surface area (Å²) in [6, 6.07) is 19.3. The van der Waals surface area contributed by atoms with Crippen LogP contribution in [0.4, 0.5) is 0 Å². The Kier molecular flexibility index (Phi) is 4.82. The van der Waals surface area contributed by atoms with E-state index in [2.05, 4.69) is 55.2 Å². The van der Waals surface area contributed by atoms with Crippen molar-refractivity contribution < 1.29 is 9.53 Å². The summed E-state index contributed by atoms with van der Waals surface area (Å²) in [5, 5.41) is 0. The largest absolute Gasteiger partial charge is 0.460 e. The van der Waals surface area contributed by atoms with E-state index in [4.69, 9.17) is 4.74 Å². The first-order chi connectivity index (χ1) is 14.5. The smallest absolute Gasteiger partial charge is 0.312 e. The fraction of sp³-hybridized carbons (Fsp3) is 0.444. The lowest BCUT2D eigenvalue weighted by atomic mass is 9.63. The molecule has 5 rings (SSSR count). The number of allylic oxidation sites excluding steroid dienone is 1. The first-order valence-electron chi connectivity index (χ1n) is 11.2. The number of piperidine rings is 1. The summed E-state index contributed by atoms with van der Waals surface area (Å²) in [4.78, 5) is 15.3. The molecule has 0 N–H and O–H groups in total. The lowest BCUT2D eigenvalue weighted by molar-refractivity contribution is -0.167. The molecule has 0 aromatic heterocycles. The van der Waals surface area contributed by atoms with E-state index in [0.29, 0.717) is 18.6 Å². The van der Waals surface area contributed by atoms with Crippen LogP contribution in [0.15, 0.2) is 60.7 Å². The van der Waals surface area contributed by atoms with E-state index in [0.717, 1.165) is 37.9 Å². The highest BCUT2D eigenvalue weighted by atomic mass is 16.5. The highest BCUT2D eigenvalue weighted by molar-refractivity contribution is 5.77. The van der Waals surface area contributed by atoms with Gasteiger partial charge >= 0.3 is 5.97 Å². The summed E-state index contributed by atoms with van der Waals surface area (Å²) in [5.74, 6) is 0.528. The first kappa shape index (κ1) is 19.6. The van der Waals surface area contributed by atoms with Crippen molar-refractivity contribution in [3.63, 3.8) is 0 Å². The molecule has 2 atom stereocenters. The number of nitrogens with zero attached hydrogens (tertiary/aromatic N) is 1. The van der Waals surface area contributed by atoms with Crippen LogP contribution in [0, 0.1) is 11.3 Å². The SMILES string of the molecule is C[C@H]1CN(C2CC(C)(C(=O)OCc3ccccc3)C2)CC[C@@]12C=Cc1ccccc12. The first-order valence-corrected chi connectivity index (χ1v) is 11.2. The number of esters is 1. The summed E-state index contributed by atoms with van der Waals surface area (Å²) >= 11 is 0. The molecular weight excluding hydrogens is 370 g/mol. The summed E-state index contributed by atoms with van der Waals surface area (Å²) in [7, 11) is 0. The van der Waals surface area contributed by atoms with Gasteiger partial charge in [-0.3, -0.25) is 9.69 Å². The van der Waals surface area contributed by atoms with Crippen molar-refractivity contribution in [2.45, 2.75) is 51.2 Å². The summed E-state index contributed by atoms with van der Waals surface area (Å²) < 4.78 is 5.64. The third-order valence-electron chi connectivity index (χ3n) is 7.82. The highest BCUT2D eigenvalue weighted by Crippen LogP contribution is 2.50. The topological polar surface area (TPSA) is 29.5 Å². The van der Waals surface area contributed by atoms with E-state index < -0.39 is 0 Å². The quantitative estimate of drug-likeness (QED) is 0.659. The zero-order chi connectivity index (χ0) is 20.8. The predicted molar refractivity (Wildman–Crippen MR) is 120 cm³/mol. The molecule has 3 nitrogen and oxygen atoms in total. The third kappa shape index (κ3) is 3.20. The Morgan fingerprint density at radius 3 is 2.60 bits per heavy atom. The number of likely N-dealkylation sites (tertiary alicyclic amines) is 1. The van der Waals surface area contributed by atoms with Gasteiger partial charge in [0.15, 0.2) is 0 Å². The van der Waals surface area contributed by atoms with E-state index in [1.54, 1.807) is 0 Å². The maximum atomic E-state index is 12.7. The predicted octanol–water partition coefficient (Wildman–Crippen LogP) is 5.21. The zero-order valence-electron chi connectivity index (χ0n) is 18.0. The Morgan fingerprint density at radius 2 is 1.83 bits per heavy atom. The Balaban J connectivity index is 1.18. The molecule has 2 fully saturated rings. The molecule has 3 heteroatoms. The Labute approximate surface area is 179 Å². The Bertz CT molecular complexity index is 960. The van der Waals surface area contributed by atoms with Gasteiger partial charge in [-0.2, -0.15) is 0 Å². The van der Waals surface area contributed by atoms with Gasteiger partial charge in [-0.25, -0.2) is 0 Å². The van der Waals surface area contributed by atoms with Gasteiger partial charge in [0.05, 0.1) is 5.41 Å². The van der Waals surface area contributed by atoms with Crippen LogP contribution in [0.5, 0.6) is 0 Å². The number of ether oxygens (including phenoxy) is 1. The normalized spacial score (nSPS) is 32.6. The molecule has 2 aromatic rings. The van der Waals surface area contributed by atoms with Crippen LogP contribution in [0.1, 0.15) is 49.8 Å². The molecule has 1 heterocycles. The molecule has 0 unspecified atom stereocenters. The fourth-order valence-electron chi connectivity index (χ4n) is 5.86. The van der Waals surface area contributed by atoms with Gasteiger partial charge in [-0.05, 0) is 55.3 Å². The summed E-state index contributed by atoms with van der Waals surface area (Å²) in [6.07, 6.45) is 7.74.